The van der Waals surface area contributed by atoms with Crippen molar-refractivity contribution in [3.63, 3.8) is 0 Å². The molecule has 0 unspecified atom stereocenters. The molecule has 0 bridgehead atoms. The van der Waals surface area contributed by atoms with Gasteiger partial charge in [0, 0.05) is 25.9 Å². The summed E-state index contributed by atoms with van der Waals surface area (Å²) in [4.78, 5) is 11.9. The van der Waals surface area contributed by atoms with Gasteiger partial charge in [-0.2, -0.15) is 0 Å². The summed E-state index contributed by atoms with van der Waals surface area (Å²) >= 11 is 0. The van der Waals surface area contributed by atoms with Crippen molar-refractivity contribution in [2.45, 2.75) is 31.3 Å². The normalized spacial score (nSPS) is 14.9. The maximum atomic E-state index is 11.9. The second kappa shape index (κ2) is 7.49. The number of benzene rings is 2. The third-order valence-corrected chi connectivity index (χ3v) is 4.51. The zero-order valence-electron chi connectivity index (χ0n) is 13.8. The summed E-state index contributed by atoms with van der Waals surface area (Å²) in [6.45, 7) is 0.894. The highest BCUT2D eigenvalue weighted by atomic mass is 16.3. The van der Waals surface area contributed by atoms with Crippen molar-refractivity contribution in [2.75, 3.05) is 13.1 Å². The van der Waals surface area contributed by atoms with Crippen LogP contribution in [-0.2, 0) is 19.3 Å². The van der Waals surface area contributed by atoms with E-state index in [0.717, 1.165) is 12.8 Å². The monoisotopic (exact) mass is 324 g/mol. The van der Waals surface area contributed by atoms with Gasteiger partial charge in [-0.05, 0) is 29.5 Å². The van der Waals surface area contributed by atoms with E-state index in [1.807, 2.05) is 42.5 Å². The number of rotatable bonds is 6. The first-order chi connectivity index (χ1) is 11.6. The second-order valence-corrected chi connectivity index (χ2v) is 6.55. The van der Waals surface area contributed by atoms with Crippen molar-refractivity contribution < 1.29 is 9.90 Å². The van der Waals surface area contributed by atoms with E-state index in [9.17, 15) is 9.90 Å². The third-order valence-electron chi connectivity index (χ3n) is 4.51. The third kappa shape index (κ3) is 4.36. The molecule has 1 aliphatic rings. The molecule has 0 heterocycles. The molecular formula is C20H24N2O2. The Bertz CT molecular complexity index is 660. The molecule has 4 nitrogen and oxygen atoms in total. The topological polar surface area (TPSA) is 61.4 Å². The lowest BCUT2D eigenvalue weighted by atomic mass is 10.0. The van der Waals surface area contributed by atoms with Gasteiger partial charge in [0.15, 0.2) is 0 Å². The van der Waals surface area contributed by atoms with Crippen LogP contribution in [0.4, 0.5) is 4.79 Å². The van der Waals surface area contributed by atoms with Crippen LogP contribution in [0.2, 0.25) is 0 Å². The molecule has 0 saturated carbocycles. The van der Waals surface area contributed by atoms with Crippen LogP contribution in [0.5, 0.6) is 0 Å². The average molecular weight is 324 g/mol. The van der Waals surface area contributed by atoms with Gasteiger partial charge in [-0.3, -0.25) is 0 Å². The standard InChI is InChI=1S/C20H24N2O2/c23-19(21-12-6-9-16-7-2-1-3-8-16)22-15-20(24)13-17-10-4-5-11-18(17)14-20/h1-5,7-8,10-11,24H,6,9,12-15H2,(H2,21,22,23). The molecule has 0 fully saturated rings. The lowest BCUT2D eigenvalue weighted by Crippen LogP contribution is -2.47. The Labute approximate surface area is 142 Å². The molecular weight excluding hydrogens is 300 g/mol. The van der Waals surface area contributed by atoms with Crippen molar-refractivity contribution in [2.24, 2.45) is 0 Å². The molecule has 0 radical (unpaired) electrons. The molecule has 4 heteroatoms. The van der Waals surface area contributed by atoms with Gasteiger partial charge < -0.3 is 15.7 Å². The fraction of sp³-hybridized carbons (Fsp3) is 0.350. The molecule has 0 spiro atoms. The summed E-state index contributed by atoms with van der Waals surface area (Å²) in [5.74, 6) is 0. The fourth-order valence-corrected chi connectivity index (χ4v) is 3.25. The van der Waals surface area contributed by atoms with E-state index in [2.05, 4.69) is 22.8 Å². The molecule has 0 atom stereocenters. The van der Waals surface area contributed by atoms with Crippen molar-refractivity contribution in [1.82, 2.24) is 10.6 Å². The summed E-state index contributed by atoms with van der Waals surface area (Å²) in [5, 5.41) is 16.3. The first-order valence-corrected chi connectivity index (χ1v) is 8.49. The molecule has 126 valence electrons. The van der Waals surface area contributed by atoms with E-state index < -0.39 is 5.60 Å². The minimum Gasteiger partial charge on any atom is -0.387 e. The van der Waals surface area contributed by atoms with Gasteiger partial charge in [0.25, 0.3) is 0 Å². The van der Waals surface area contributed by atoms with Gasteiger partial charge >= 0.3 is 6.03 Å². The van der Waals surface area contributed by atoms with Crippen molar-refractivity contribution in [3.05, 3.63) is 71.3 Å². The Morgan fingerprint density at radius 3 is 2.25 bits per heavy atom. The number of urea groups is 1. The van der Waals surface area contributed by atoms with Crippen molar-refractivity contribution in [3.8, 4) is 0 Å². The van der Waals surface area contributed by atoms with Crippen LogP contribution >= 0.6 is 0 Å². The molecule has 3 rings (SSSR count). The van der Waals surface area contributed by atoms with Gasteiger partial charge in [-0.25, -0.2) is 4.79 Å². The van der Waals surface area contributed by atoms with Crippen molar-refractivity contribution in [1.29, 1.82) is 0 Å². The van der Waals surface area contributed by atoms with E-state index in [1.54, 1.807) is 0 Å². The number of hydrogen-bond donors (Lipinski definition) is 3. The van der Waals surface area contributed by atoms with E-state index in [0.29, 0.717) is 19.4 Å². The van der Waals surface area contributed by atoms with E-state index in [1.165, 1.54) is 16.7 Å². The van der Waals surface area contributed by atoms with Gasteiger partial charge in [0.2, 0.25) is 0 Å². The highest BCUT2D eigenvalue weighted by molar-refractivity contribution is 5.73. The fourth-order valence-electron chi connectivity index (χ4n) is 3.25. The van der Waals surface area contributed by atoms with E-state index in [4.69, 9.17) is 0 Å². The highest BCUT2D eigenvalue weighted by Gasteiger charge is 2.35. The quantitative estimate of drug-likeness (QED) is 0.715. The number of aryl methyl sites for hydroxylation is 1. The summed E-state index contributed by atoms with van der Waals surface area (Å²) in [5.41, 5.74) is 2.75. The first-order valence-electron chi connectivity index (χ1n) is 8.49. The molecule has 3 N–H and O–H groups in total. The number of nitrogens with one attached hydrogen (secondary N) is 2. The molecule has 0 saturated heterocycles. The van der Waals surface area contributed by atoms with Crippen LogP contribution in [0.15, 0.2) is 54.6 Å². The summed E-state index contributed by atoms with van der Waals surface area (Å²) in [6, 6.07) is 18.1. The lowest BCUT2D eigenvalue weighted by Gasteiger charge is -2.22. The van der Waals surface area contributed by atoms with Crippen LogP contribution in [0, 0.1) is 0 Å². The summed E-state index contributed by atoms with van der Waals surface area (Å²) in [7, 11) is 0. The van der Waals surface area contributed by atoms with Gasteiger partial charge in [-0.15, -0.1) is 0 Å². The predicted octanol–water partition coefficient (Wildman–Crippen LogP) is 2.45. The first kappa shape index (κ1) is 16.5. The minimum absolute atomic E-state index is 0.215. The largest absolute Gasteiger partial charge is 0.387 e. The molecule has 24 heavy (non-hydrogen) atoms. The highest BCUT2D eigenvalue weighted by Crippen LogP contribution is 2.29. The summed E-state index contributed by atoms with van der Waals surface area (Å²) < 4.78 is 0. The van der Waals surface area contributed by atoms with Crippen LogP contribution in [-0.4, -0.2) is 29.8 Å². The lowest BCUT2D eigenvalue weighted by molar-refractivity contribution is 0.0536. The number of carbonyl (C=O) groups is 1. The molecule has 2 amide bonds. The number of fused-ring (bicyclic) bond motifs is 1. The molecule has 2 aromatic rings. The average Bonchev–Trinajstić information content (AvgIpc) is 2.94. The maximum Gasteiger partial charge on any atom is 0.314 e. The Morgan fingerprint density at radius 2 is 1.58 bits per heavy atom. The number of carbonyl (C=O) groups excluding carboxylic acids is 1. The smallest absolute Gasteiger partial charge is 0.314 e. The van der Waals surface area contributed by atoms with Crippen LogP contribution in [0.3, 0.4) is 0 Å². The zero-order chi connectivity index (χ0) is 16.8. The van der Waals surface area contributed by atoms with Crippen LogP contribution in [0.25, 0.3) is 0 Å². The SMILES string of the molecule is O=C(NCCCc1ccccc1)NCC1(O)Cc2ccccc2C1. The molecule has 0 aromatic heterocycles. The maximum absolute atomic E-state index is 11.9. The molecule has 1 aliphatic carbocycles. The Morgan fingerprint density at radius 1 is 0.958 bits per heavy atom. The van der Waals surface area contributed by atoms with Crippen molar-refractivity contribution >= 4 is 6.03 Å². The van der Waals surface area contributed by atoms with Gasteiger partial charge in [0.05, 0.1) is 5.60 Å². The Kier molecular flexibility index (Phi) is 5.16. The second-order valence-electron chi connectivity index (χ2n) is 6.55. The number of hydrogen-bond acceptors (Lipinski definition) is 2. The minimum atomic E-state index is -0.870. The van der Waals surface area contributed by atoms with Gasteiger partial charge in [0.1, 0.15) is 0 Å². The van der Waals surface area contributed by atoms with E-state index in [-0.39, 0.29) is 12.6 Å². The molecule has 0 aliphatic heterocycles. The van der Waals surface area contributed by atoms with Crippen LogP contribution in [0.1, 0.15) is 23.1 Å². The Hall–Kier alpha value is -2.33. The van der Waals surface area contributed by atoms with E-state index >= 15 is 0 Å². The number of amides is 2. The van der Waals surface area contributed by atoms with Crippen LogP contribution < -0.4 is 10.6 Å². The van der Waals surface area contributed by atoms with Gasteiger partial charge in [-0.1, -0.05) is 54.6 Å². The summed E-state index contributed by atoms with van der Waals surface area (Å²) in [6.07, 6.45) is 3.03. The predicted molar refractivity (Wildman–Crippen MR) is 95.0 cm³/mol. The number of aliphatic hydroxyl groups is 1. The zero-order valence-corrected chi connectivity index (χ0v) is 13.8. The Balaban J connectivity index is 1.36. The molecule has 2 aromatic carbocycles.